The van der Waals surface area contributed by atoms with Crippen molar-refractivity contribution < 1.29 is 34.3 Å². The lowest BCUT2D eigenvalue weighted by atomic mass is 10.0. The maximum Gasteiger partial charge on any atom is 0.161 e. The summed E-state index contributed by atoms with van der Waals surface area (Å²) in [6.07, 6.45) is -7.09. The second-order valence-electron chi connectivity index (χ2n) is 4.58. The molecule has 0 saturated carbocycles. The van der Waals surface area contributed by atoms with Gasteiger partial charge in [0.05, 0.1) is 17.6 Å². The summed E-state index contributed by atoms with van der Waals surface area (Å²) < 4.78 is 26.1. The average molecular weight is 304 g/mol. The summed E-state index contributed by atoms with van der Waals surface area (Å²) >= 11 is 0. The fourth-order valence-corrected chi connectivity index (χ4v) is 1.85. The van der Waals surface area contributed by atoms with E-state index in [4.69, 9.17) is 5.11 Å². The number of hydrogen-bond donors (Lipinski definition) is 6. The van der Waals surface area contributed by atoms with E-state index in [0.717, 1.165) is 12.1 Å². The number of imidazole rings is 1. The summed E-state index contributed by atoms with van der Waals surface area (Å²) in [7, 11) is 0. The molecule has 0 spiro atoms. The molecule has 1 heterocycles. The number of nitrogens with zero attached hydrogens (tertiary/aromatic N) is 1. The highest BCUT2D eigenvalue weighted by atomic mass is 19.2. The van der Waals surface area contributed by atoms with Gasteiger partial charge in [-0.1, -0.05) is 0 Å². The molecule has 0 fully saturated rings. The molecular formula is C12H14F2N2O5. The van der Waals surface area contributed by atoms with Crippen molar-refractivity contribution in [2.45, 2.75) is 24.4 Å². The summed E-state index contributed by atoms with van der Waals surface area (Å²) in [6.45, 7) is -0.818. The first-order valence-electron chi connectivity index (χ1n) is 6.03. The van der Waals surface area contributed by atoms with E-state index in [1.807, 2.05) is 0 Å². The van der Waals surface area contributed by atoms with Crippen molar-refractivity contribution in [2.75, 3.05) is 6.61 Å². The minimum absolute atomic E-state index is 0.0207. The Morgan fingerprint density at radius 2 is 1.67 bits per heavy atom. The molecule has 2 rings (SSSR count). The molecule has 1 aromatic carbocycles. The van der Waals surface area contributed by atoms with Gasteiger partial charge >= 0.3 is 0 Å². The number of aliphatic hydroxyl groups excluding tert-OH is 5. The molecule has 0 saturated heterocycles. The minimum atomic E-state index is -1.86. The Kier molecular flexibility index (Phi) is 4.49. The van der Waals surface area contributed by atoms with Crippen LogP contribution in [0.3, 0.4) is 0 Å². The van der Waals surface area contributed by atoms with Crippen molar-refractivity contribution in [2.24, 2.45) is 0 Å². The zero-order valence-electron chi connectivity index (χ0n) is 10.6. The molecule has 116 valence electrons. The lowest BCUT2D eigenvalue weighted by molar-refractivity contribution is -0.117. The number of nitrogens with one attached hydrogen (secondary N) is 1. The highest BCUT2D eigenvalue weighted by Gasteiger charge is 2.32. The number of aromatic nitrogens is 2. The molecule has 7 nitrogen and oxygen atoms in total. The molecule has 4 atom stereocenters. The van der Waals surface area contributed by atoms with Gasteiger partial charge in [0, 0.05) is 12.1 Å². The van der Waals surface area contributed by atoms with Gasteiger partial charge in [-0.2, -0.15) is 0 Å². The number of benzene rings is 1. The van der Waals surface area contributed by atoms with Gasteiger partial charge in [-0.05, 0) is 0 Å². The number of rotatable bonds is 5. The van der Waals surface area contributed by atoms with Gasteiger partial charge in [0.1, 0.15) is 30.2 Å². The Labute approximate surface area is 117 Å². The Bertz CT molecular complexity index is 596. The van der Waals surface area contributed by atoms with Crippen LogP contribution < -0.4 is 0 Å². The largest absolute Gasteiger partial charge is 0.394 e. The van der Waals surface area contributed by atoms with Gasteiger partial charge in [-0.25, -0.2) is 13.8 Å². The smallest absolute Gasteiger partial charge is 0.161 e. The van der Waals surface area contributed by atoms with E-state index in [-0.39, 0.29) is 16.9 Å². The van der Waals surface area contributed by atoms with Crippen molar-refractivity contribution in [3.63, 3.8) is 0 Å². The SMILES string of the molecule is OC[C@@H](O)[C@@H](O)[C@H](O)[C@H](O)c1nc2cc(F)c(F)cc2[nH]1. The molecule has 0 aliphatic rings. The summed E-state index contributed by atoms with van der Waals surface area (Å²) in [6, 6.07) is 1.64. The lowest BCUT2D eigenvalue weighted by Gasteiger charge is -2.24. The molecule has 0 aliphatic heterocycles. The summed E-state index contributed by atoms with van der Waals surface area (Å²) in [5.41, 5.74) is 0.111. The average Bonchev–Trinajstić information content (AvgIpc) is 2.87. The monoisotopic (exact) mass is 304 g/mol. The quantitative estimate of drug-likeness (QED) is 0.418. The van der Waals surface area contributed by atoms with Crippen molar-refractivity contribution >= 4 is 11.0 Å². The van der Waals surface area contributed by atoms with Crippen LogP contribution in [0.5, 0.6) is 0 Å². The van der Waals surface area contributed by atoms with Crippen LogP contribution in [0.25, 0.3) is 11.0 Å². The second kappa shape index (κ2) is 6.00. The molecule has 6 N–H and O–H groups in total. The highest BCUT2D eigenvalue weighted by molar-refractivity contribution is 5.75. The number of hydrogen-bond acceptors (Lipinski definition) is 6. The van der Waals surface area contributed by atoms with Crippen LogP contribution in [0.1, 0.15) is 11.9 Å². The molecule has 0 amide bonds. The minimum Gasteiger partial charge on any atom is -0.394 e. The third-order valence-corrected chi connectivity index (χ3v) is 3.08. The van der Waals surface area contributed by atoms with E-state index in [0.29, 0.717) is 0 Å². The third-order valence-electron chi connectivity index (χ3n) is 3.08. The first kappa shape index (κ1) is 15.7. The number of fused-ring (bicyclic) bond motifs is 1. The van der Waals surface area contributed by atoms with Gasteiger partial charge in [0.2, 0.25) is 0 Å². The Balaban J connectivity index is 2.28. The van der Waals surface area contributed by atoms with Crippen LogP contribution in [-0.2, 0) is 0 Å². The molecule has 0 unspecified atom stereocenters. The predicted molar refractivity (Wildman–Crippen MR) is 66.1 cm³/mol. The summed E-state index contributed by atoms with van der Waals surface area (Å²) in [5.74, 6) is -2.47. The van der Waals surface area contributed by atoms with E-state index in [1.54, 1.807) is 0 Å². The van der Waals surface area contributed by atoms with E-state index in [2.05, 4.69) is 9.97 Å². The number of halogens is 2. The third kappa shape index (κ3) is 3.01. The maximum atomic E-state index is 13.1. The molecule has 0 radical (unpaired) electrons. The zero-order valence-corrected chi connectivity index (χ0v) is 10.6. The van der Waals surface area contributed by atoms with Gasteiger partial charge < -0.3 is 30.5 Å². The molecule has 1 aromatic heterocycles. The first-order chi connectivity index (χ1) is 9.85. The molecule has 0 bridgehead atoms. The standard InChI is InChI=1S/C12H14F2N2O5/c13-4-1-6-7(2-5(4)14)16-12(15-6)11(21)10(20)9(19)8(18)3-17/h1-2,8-11,17-21H,3H2,(H,15,16)/t8-,9-,10+,11+/m1/s1. The van der Waals surface area contributed by atoms with Crippen LogP contribution in [-0.4, -0.2) is 60.4 Å². The normalized spacial score (nSPS) is 17.7. The topological polar surface area (TPSA) is 130 Å². The lowest BCUT2D eigenvalue weighted by Crippen LogP contribution is -2.42. The highest BCUT2D eigenvalue weighted by Crippen LogP contribution is 2.22. The Morgan fingerprint density at radius 3 is 2.29 bits per heavy atom. The zero-order chi connectivity index (χ0) is 15.7. The number of H-pyrrole nitrogens is 1. The molecule has 21 heavy (non-hydrogen) atoms. The molecule has 0 aliphatic carbocycles. The van der Waals surface area contributed by atoms with Crippen LogP contribution in [0, 0.1) is 11.6 Å². The van der Waals surface area contributed by atoms with E-state index in [1.165, 1.54) is 0 Å². The predicted octanol–water partition coefficient (Wildman–Crippen LogP) is -1.05. The van der Waals surface area contributed by atoms with Gasteiger partial charge in [0.25, 0.3) is 0 Å². The first-order valence-corrected chi connectivity index (χ1v) is 6.03. The van der Waals surface area contributed by atoms with Gasteiger partial charge in [-0.15, -0.1) is 0 Å². The second-order valence-corrected chi connectivity index (χ2v) is 4.58. The van der Waals surface area contributed by atoms with Crippen LogP contribution >= 0.6 is 0 Å². The van der Waals surface area contributed by atoms with E-state index < -0.39 is 42.7 Å². The number of aliphatic hydroxyl groups is 5. The van der Waals surface area contributed by atoms with Crippen molar-refractivity contribution in [1.29, 1.82) is 0 Å². The molecular weight excluding hydrogens is 290 g/mol. The fourth-order valence-electron chi connectivity index (χ4n) is 1.85. The van der Waals surface area contributed by atoms with Crippen molar-refractivity contribution in [3.05, 3.63) is 29.6 Å². The van der Waals surface area contributed by atoms with Crippen molar-refractivity contribution in [3.8, 4) is 0 Å². The van der Waals surface area contributed by atoms with E-state index in [9.17, 15) is 29.2 Å². The Hall–Kier alpha value is -1.65. The summed E-state index contributed by atoms with van der Waals surface area (Å²) in [5, 5.41) is 46.9. The van der Waals surface area contributed by atoms with Gasteiger partial charge in [-0.3, -0.25) is 0 Å². The van der Waals surface area contributed by atoms with E-state index >= 15 is 0 Å². The summed E-state index contributed by atoms with van der Waals surface area (Å²) in [4.78, 5) is 6.25. The molecule has 2 aromatic rings. The molecule has 9 heteroatoms. The Morgan fingerprint density at radius 1 is 1.05 bits per heavy atom. The van der Waals surface area contributed by atoms with Crippen molar-refractivity contribution in [1.82, 2.24) is 9.97 Å². The van der Waals surface area contributed by atoms with Crippen LogP contribution in [0.2, 0.25) is 0 Å². The fraction of sp³-hybridized carbons (Fsp3) is 0.417. The van der Waals surface area contributed by atoms with Crippen LogP contribution in [0.4, 0.5) is 8.78 Å². The van der Waals surface area contributed by atoms with Gasteiger partial charge in [0.15, 0.2) is 11.6 Å². The maximum absolute atomic E-state index is 13.1. The van der Waals surface area contributed by atoms with Crippen LogP contribution in [0.15, 0.2) is 12.1 Å². The number of aromatic amines is 1.